The van der Waals surface area contributed by atoms with Gasteiger partial charge >= 0.3 is 0 Å². The fraction of sp³-hybridized carbons (Fsp3) is 0.500. The lowest BCUT2D eigenvalue weighted by atomic mass is 11.0. The van der Waals surface area contributed by atoms with Crippen LogP contribution in [0.25, 0.3) is 0 Å². The van der Waals surface area contributed by atoms with Crippen molar-refractivity contribution in [1.29, 1.82) is 0 Å². The minimum Gasteiger partial charge on any atom is -0.258 e. The molecule has 3 heteroatoms. The molecule has 0 fully saturated rings. The first-order valence-electron chi connectivity index (χ1n) is 1.81. The van der Waals surface area contributed by atoms with Gasteiger partial charge in [-0.2, -0.15) is 4.41 Å². The fourth-order valence-electron chi connectivity index (χ4n) is 0.0836. The van der Waals surface area contributed by atoms with Crippen molar-refractivity contribution in [1.82, 2.24) is 9.42 Å². The van der Waals surface area contributed by atoms with Gasteiger partial charge in [0, 0.05) is 20.1 Å². The molecule has 0 aliphatic rings. The Balaban J connectivity index is 3.40. The lowest BCUT2D eigenvalue weighted by Gasteiger charge is -2.16. The third-order valence-electron chi connectivity index (χ3n) is 0.621. The number of hydrogen-bond acceptors (Lipinski definition) is 3. The molecule has 2 nitrogen and oxygen atoms in total. The first kappa shape index (κ1) is 6.67. The minimum absolute atomic E-state index is 1.51. The molecule has 0 heterocycles. The van der Waals surface area contributed by atoms with E-state index in [2.05, 4.69) is 18.9 Å². The van der Waals surface area contributed by atoms with Crippen LogP contribution < -0.4 is 0 Å². The highest BCUT2D eigenvalue weighted by atomic mass is 32.1. The van der Waals surface area contributed by atoms with Crippen LogP contribution in [0.1, 0.15) is 0 Å². The smallest absolute Gasteiger partial charge is 0.0330 e. The van der Waals surface area contributed by atoms with Gasteiger partial charge in [0.2, 0.25) is 0 Å². The molecule has 0 rings (SSSR count). The Hall–Kier alpha value is -0.330. The van der Waals surface area contributed by atoms with Gasteiger partial charge in [-0.25, -0.2) is 0 Å². The van der Waals surface area contributed by atoms with Crippen LogP contribution in [0.3, 0.4) is 0 Å². The number of thiol groups is 1. The molecule has 0 aliphatic heterocycles. The van der Waals surface area contributed by atoms with Crippen molar-refractivity contribution in [2.45, 2.75) is 0 Å². The zero-order chi connectivity index (χ0) is 5.86. The zero-order valence-corrected chi connectivity index (χ0v) is 5.31. The van der Waals surface area contributed by atoms with Gasteiger partial charge in [0.25, 0.3) is 0 Å². The van der Waals surface area contributed by atoms with Gasteiger partial charge in [0.1, 0.15) is 0 Å². The molecule has 0 unspecified atom stereocenters. The van der Waals surface area contributed by atoms with Crippen molar-refractivity contribution in [2.24, 2.45) is 0 Å². The SMILES string of the molecule is C#CN(C)N(C)S. The van der Waals surface area contributed by atoms with E-state index in [4.69, 9.17) is 6.42 Å². The zero-order valence-electron chi connectivity index (χ0n) is 4.42. The molecule has 0 atom stereocenters. The number of hydrazine groups is 1. The molecule has 0 aromatic rings. The van der Waals surface area contributed by atoms with Gasteiger partial charge in [-0.15, -0.1) is 0 Å². The van der Waals surface area contributed by atoms with E-state index in [0.717, 1.165) is 0 Å². The van der Waals surface area contributed by atoms with Crippen LogP contribution in [0, 0.1) is 12.5 Å². The summed E-state index contributed by atoms with van der Waals surface area (Å²) in [6.07, 6.45) is 4.96. The van der Waals surface area contributed by atoms with E-state index in [1.54, 1.807) is 14.1 Å². The van der Waals surface area contributed by atoms with Crippen LogP contribution in [-0.4, -0.2) is 23.5 Å². The molecular weight excluding hydrogens is 108 g/mol. The van der Waals surface area contributed by atoms with Gasteiger partial charge in [0.05, 0.1) is 0 Å². The Morgan fingerprint density at radius 2 is 2.00 bits per heavy atom. The lowest BCUT2D eigenvalue weighted by molar-refractivity contribution is 0.232. The summed E-state index contributed by atoms with van der Waals surface area (Å²) < 4.78 is 1.51. The fourth-order valence-corrected chi connectivity index (χ4v) is 0.135. The first-order valence-corrected chi connectivity index (χ1v) is 2.21. The summed E-state index contributed by atoms with van der Waals surface area (Å²) in [5, 5.41) is 1.52. The summed E-state index contributed by atoms with van der Waals surface area (Å²) in [4.78, 5) is 0. The van der Waals surface area contributed by atoms with Gasteiger partial charge in [-0.05, 0) is 0 Å². The molecule has 40 valence electrons. The van der Waals surface area contributed by atoms with Crippen LogP contribution in [0.5, 0.6) is 0 Å². The summed E-state index contributed by atoms with van der Waals surface area (Å²) in [5.74, 6) is 0. The summed E-state index contributed by atoms with van der Waals surface area (Å²) >= 11 is 3.89. The van der Waals surface area contributed by atoms with E-state index in [-0.39, 0.29) is 0 Å². The lowest BCUT2D eigenvalue weighted by Crippen LogP contribution is -2.23. The highest BCUT2D eigenvalue weighted by Crippen LogP contribution is 1.88. The molecular formula is C4H8N2S. The van der Waals surface area contributed by atoms with E-state index in [0.29, 0.717) is 0 Å². The number of nitrogens with zero attached hydrogens (tertiary/aromatic N) is 2. The van der Waals surface area contributed by atoms with Crippen LogP contribution in [0.15, 0.2) is 0 Å². The third kappa shape index (κ3) is 2.38. The van der Waals surface area contributed by atoms with E-state index >= 15 is 0 Å². The molecule has 7 heavy (non-hydrogen) atoms. The second-order valence-corrected chi connectivity index (χ2v) is 1.72. The van der Waals surface area contributed by atoms with Crippen LogP contribution in [0.4, 0.5) is 0 Å². The maximum Gasteiger partial charge on any atom is 0.0330 e. The minimum atomic E-state index is 1.51. The van der Waals surface area contributed by atoms with Crippen LogP contribution in [0.2, 0.25) is 0 Å². The maximum atomic E-state index is 4.96. The number of terminal acetylenes is 1. The first-order chi connectivity index (χ1) is 3.18. The summed E-state index contributed by atoms with van der Waals surface area (Å²) in [7, 11) is 3.50. The Morgan fingerprint density at radius 1 is 1.57 bits per heavy atom. The molecule has 0 amide bonds. The van der Waals surface area contributed by atoms with E-state index in [1.165, 1.54) is 9.42 Å². The Bertz CT molecular complexity index is 84.2. The molecule has 0 aromatic heterocycles. The summed E-state index contributed by atoms with van der Waals surface area (Å²) in [6, 6.07) is 2.35. The maximum absolute atomic E-state index is 4.96. The molecule has 0 aromatic carbocycles. The average Bonchev–Trinajstić information content (AvgIpc) is 1.65. The topological polar surface area (TPSA) is 6.48 Å². The Labute approximate surface area is 49.6 Å². The highest BCUT2D eigenvalue weighted by Gasteiger charge is 1.88. The van der Waals surface area contributed by atoms with Crippen molar-refractivity contribution in [2.75, 3.05) is 14.1 Å². The molecule has 0 spiro atoms. The Morgan fingerprint density at radius 3 is 2.00 bits per heavy atom. The number of hydrogen-bond donors (Lipinski definition) is 1. The molecule has 0 saturated carbocycles. The van der Waals surface area contributed by atoms with Crippen molar-refractivity contribution in [3.63, 3.8) is 0 Å². The Kier molecular flexibility index (Phi) is 2.65. The predicted octanol–water partition coefficient (Wildman–Crippen LogP) is 0.201. The monoisotopic (exact) mass is 116 g/mol. The van der Waals surface area contributed by atoms with E-state index in [9.17, 15) is 0 Å². The van der Waals surface area contributed by atoms with Crippen molar-refractivity contribution >= 4 is 12.8 Å². The second-order valence-electron chi connectivity index (χ2n) is 1.14. The molecule has 0 aliphatic carbocycles. The van der Waals surface area contributed by atoms with Gasteiger partial charge in [-0.1, -0.05) is 19.2 Å². The molecule has 0 bridgehead atoms. The van der Waals surface area contributed by atoms with Gasteiger partial charge in [-0.3, -0.25) is 5.01 Å². The number of rotatable bonds is 1. The predicted molar refractivity (Wildman–Crippen MR) is 33.3 cm³/mol. The summed E-state index contributed by atoms with van der Waals surface area (Å²) in [5.41, 5.74) is 0. The average molecular weight is 116 g/mol. The molecule has 0 saturated heterocycles. The summed E-state index contributed by atoms with van der Waals surface area (Å²) in [6.45, 7) is 0. The quantitative estimate of drug-likeness (QED) is 0.226. The molecule has 0 radical (unpaired) electrons. The van der Waals surface area contributed by atoms with Crippen LogP contribution >= 0.6 is 12.8 Å². The normalized spacial score (nSPS) is 8.43. The second kappa shape index (κ2) is 2.78. The van der Waals surface area contributed by atoms with E-state index in [1.807, 2.05) is 0 Å². The van der Waals surface area contributed by atoms with Crippen molar-refractivity contribution in [3.8, 4) is 12.5 Å². The van der Waals surface area contributed by atoms with Gasteiger partial charge in [0.15, 0.2) is 0 Å². The molecule has 0 N–H and O–H groups in total. The van der Waals surface area contributed by atoms with E-state index < -0.39 is 0 Å². The standard InChI is InChI=1S/C4H8N2S/c1-4-5(2)6(3)7/h1,7H,2-3H3. The third-order valence-corrected chi connectivity index (χ3v) is 0.889. The largest absolute Gasteiger partial charge is 0.258 e. The van der Waals surface area contributed by atoms with Gasteiger partial charge < -0.3 is 0 Å². The van der Waals surface area contributed by atoms with Crippen LogP contribution in [-0.2, 0) is 0 Å². The highest BCUT2D eigenvalue weighted by molar-refractivity contribution is 7.77. The van der Waals surface area contributed by atoms with Crippen molar-refractivity contribution < 1.29 is 0 Å². The van der Waals surface area contributed by atoms with Crippen molar-refractivity contribution in [3.05, 3.63) is 0 Å².